The van der Waals surface area contributed by atoms with Gasteiger partial charge in [0.15, 0.2) is 0 Å². The lowest BCUT2D eigenvalue weighted by Gasteiger charge is -2.02. The molecular formula is C17H12BrN3. The maximum absolute atomic E-state index is 6.01. The number of nitrogens with zero attached hydrogens (tertiary/aromatic N) is 1. The molecule has 2 heterocycles. The minimum atomic E-state index is 0.737. The summed E-state index contributed by atoms with van der Waals surface area (Å²) in [5.41, 5.74) is 10.9. The Bertz CT molecular complexity index is 958. The van der Waals surface area contributed by atoms with Crippen molar-refractivity contribution in [2.75, 3.05) is 5.73 Å². The predicted molar refractivity (Wildman–Crippen MR) is 91.1 cm³/mol. The van der Waals surface area contributed by atoms with E-state index in [1.807, 2.05) is 42.6 Å². The number of nitrogens with one attached hydrogen (secondary N) is 1. The maximum atomic E-state index is 6.01. The molecule has 2 aromatic heterocycles. The molecule has 0 unspecified atom stereocenters. The van der Waals surface area contributed by atoms with Crippen LogP contribution in [0.25, 0.3) is 33.1 Å². The molecule has 4 rings (SSSR count). The van der Waals surface area contributed by atoms with Crippen molar-refractivity contribution in [1.29, 1.82) is 0 Å². The topological polar surface area (TPSA) is 54.7 Å². The first-order chi connectivity index (χ1) is 10.3. The molecule has 4 aromatic rings. The molecule has 0 aliphatic carbocycles. The standard InChI is InChI=1S/C17H12BrN3/c18-15-12(19)6-7-13-14(15)11-8-9-20-16(17(11)21-13)10-4-2-1-3-5-10/h1-9,21H,19H2. The fourth-order valence-corrected chi connectivity index (χ4v) is 3.27. The van der Waals surface area contributed by atoms with Crippen molar-refractivity contribution in [3.63, 3.8) is 0 Å². The van der Waals surface area contributed by atoms with E-state index in [0.717, 1.165) is 43.2 Å². The van der Waals surface area contributed by atoms with Gasteiger partial charge in [-0.15, -0.1) is 0 Å². The summed E-state index contributed by atoms with van der Waals surface area (Å²) in [6.07, 6.45) is 1.84. The molecule has 21 heavy (non-hydrogen) atoms. The van der Waals surface area contributed by atoms with E-state index in [1.54, 1.807) is 0 Å². The lowest BCUT2D eigenvalue weighted by molar-refractivity contribution is 1.34. The minimum absolute atomic E-state index is 0.737. The van der Waals surface area contributed by atoms with Gasteiger partial charge in [0.2, 0.25) is 0 Å². The highest BCUT2D eigenvalue weighted by Crippen LogP contribution is 2.37. The normalized spacial score (nSPS) is 11.3. The molecule has 0 amide bonds. The van der Waals surface area contributed by atoms with Gasteiger partial charge in [-0.3, -0.25) is 4.98 Å². The Labute approximate surface area is 129 Å². The summed E-state index contributed by atoms with van der Waals surface area (Å²) in [4.78, 5) is 8.01. The molecule has 4 heteroatoms. The van der Waals surface area contributed by atoms with Crippen molar-refractivity contribution in [3.8, 4) is 11.3 Å². The molecule has 0 radical (unpaired) electrons. The van der Waals surface area contributed by atoms with E-state index in [2.05, 4.69) is 38.0 Å². The smallest absolute Gasteiger partial charge is 0.0943 e. The first-order valence-electron chi connectivity index (χ1n) is 6.65. The van der Waals surface area contributed by atoms with Crippen LogP contribution in [0.2, 0.25) is 0 Å². The van der Waals surface area contributed by atoms with E-state index in [4.69, 9.17) is 5.73 Å². The monoisotopic (exact) mass is 337 g/mol. The van der Waals surface area contributed by atoms with Crippen LogP contribution < -0.4 is 5.73 Å². The van der Waals surface area contributed by atoms with E-state index >= 15 is 0 Å². The third-order valence-corrected chi connectivity index (χ3v) is 4.55. The van der Waals surface area contributed by atoms with Gasteiger partial charge < -0.3 is 10.7 Å². The molecule has 0 fully saturated rings. The number of nitrogen functional groups attached to an aromatic ring is 1. The van der Waals surface area contributed by atoms with Gasteiger partial charge in [-0.1, -0.05) is 30.3 Å². The van der Waals surface area contributed by atoms with Crippen LogP contribution in [-0.2, 0) is 0 Å². The quantitative estimate of drug-likeness (QED) is 0.493. The molecule has 2 aromatic carbocycles. The summed E-state index contributed by atoms with van der Waals surface area (Å²) in [7, 11) is 0. The van der Waals surface area contributed by atoms with Crippen LogP contribution in [0.3, 0.4) is 0 Å². The zero-order valence-electron chi connectivity index (χ0n) is 11.1. The van der Waals surface area contributed by atoms with Gasteiger partial charge in [-0.2, -0.15) is 0 Å². The van der Waals surface area contributed by atoms with Gasteiger partial charge in [0.25, 0.3) is 0 Å². The van der Waals surface area contributed by atoms with Gasteiger partial charge >= 0.3 is 0 Å². The number of halogens is 1. The Morgan fingerprint density at radius 2 is 1.81 bits per heavy atom. The van der Waals surface area contributed by atoms with E-state index < -0.39 is 0 Å². The van der Waals surface area contributed by atoms with Crippen LogP contribution >= 0.6 is 15.9 Å². The highest BCUT2D eigenvalue weighted by molar-refractivity contribution is 9.10. The van der Waals surface area contributed by atoms with Crippen molar-refractivity contribution in [1.82, 2.24) is 9.97 Å². The average molecular weight is 338 g/mol. The number of anilines is 1. The number of hydrogen-bond donors (Lipinski definition) is 2. The number of fused-ring (bicyclic) bond motifs is 3. The molecule has 0 atom stereocenters. The van der Waals surface area contributed by atoms with Crippen LogP contribution in [0.15, 0.2) is 59.2 Å². The molecule has 0 aliphatic rings. The summed E-state index contributed by atoms with van der Waals surface area (Å²) < 4.78 is 0.927. The van der Waals surface area contributed by atoms with Gasteiger partial charge in [-0.25, -0.2) is 0 Å². The van der Waals surface area contributed by atoms with Gasteiger partial charge in [0.05, 0.1) is 15.7 Å². The lowest BCUT2D eigenvalue weighted by atomic mass is 10.1. The second-order valence-electron chi connectivity index (χ2n) is 4.96. The van der Waals surface area contributed by atoms with Crippen molar-refractivity contribution in [2.45, 2.75) is 0 Å². The summed E-state index contributed by atoms with van der Waals surface area (Å²) in [6.45, 7) is 0. The molecule has 0 saturated carbocycles. The third kappa shape index (κ3) is 1.83. The number of benzene rings is 2. The van der Waals surface area contributed by atoms with E-state index in [1.165, 1.54) is 0 Å². The number of hydrogen-bond acceptors (Lipinski definition) is 2. The number of nitrogens with two attached hydrogens (primary N) is 1. The van der Waals surface area contributed by atoms with Crippen LogP contribution in [0.5, 0.6) is 0 Å². The zero-order chi connectivity index (χ0) is 14.4. The molecule has 0 saturated heterocycles. The number of aromatic nitrogens is 2. The summed E-state index contributed by atoms with van der Waals surface area (Å²) >= 11 is 3.60. The first-order valence-corrected chi connectivity index (χ1v) is 7.45. The third-order valence-electron chi connectivity index (χ3n) is 3.70. The predicted octanol–water partition coefficient (Wildman–Crippen LogP) is 4.73. The Morgan fingerprint density at radius 1 is 1.00 bits per heavy atom. The molecular weight excluding hydrogens is 326 g/mol. The Kier molecular flexibility index (Phi) is 2.72. The Morgan fingerprint density at radius 3 is 2.62 bits per heavy atom. The SMILES string of the molecule is Nc1ccc2[nH]c3c(-c4ccccc4)nccc3c2c1Br. The summed E-state index contributed by atoms with van der Waals surface area (Å²) in [5, 5.41) is 2.22. The fourth-order valence-electron chi connectivity index (χ4n) is 2.71. The number of rotatable bonds is 1. The van der Waals surface area contributed by atoms with Crippen molar-refractivity contribution >= 4 is 43.4 Å². The van der Waals surface area contributed by atoms with Crippen molar-refractivity contribution in [2.24, 2.45) is 0 Å². The van der Waals surface area contributed by atoms with E-state index in [0.29, 0.717) is 0 Å². The fraction of sp³-hybridized carbons (Fsp3) is 0. The lowest BCUT2D eigenvalue weighted by Crippen LogP contribution is -1.86. The molecule has 3 N–H and O–H groups in total. The van der Waals surface area contributed by atoms with Crippen LogP contribution in [0.4, 0.5) is 5.69 Å². The van der Waals surface area contributed by atoms with Crippen LogP contribution in [0, 0.1) is 0 Å². The van der Waals surface area contributed by atoms with E-state index in [9.17, 15) is 0 Å². The molecule has 0 spiro atoms. The Hall–Kier alpha value is -2.33. The minimum Gasteiger partial charge on any atom is -0.398 e. The number of aromatic amines is 1. The van der Waals surface area contributed by atoms with Crippen LogP contribution in [-0.4, -0.2) is 9.97 Å². The number of pyridine rings is 1. The van der Waals surface area contributed by atoms with Gasteiger partial charge in [-0.05, 0) is 34.1 Å². The van der Waals surface area contributed by atoms with Crippen LogP contribution in [0.1, 0.15) is 0 Å². The first kappa shape index (κ1) is 12.4. The highest BCUT2D eigenvalue weighted by atomic mass is 79.9. The largest absolute Gasteiger partial charge is 0.398 e. The van der Waals surface area contributed by atoms with E-state index in [-0.39, 0.29) is 0 Å². The second-order valence-corrected chi connectivity index (χ2v) is 5.76. The Balaban J connectivity index is 2.14. The maximum Gasteiger partial charge on any atom is 0.0943 e. The molecule has 0 bridgehead atoms. The molecule has 3 nitrogen and oxygen atoms in total. The summed E-state index contributed by atoms with van der Waals surface area (Å²) in [6, 6.07) is 16.1. The highest BCUT2D eigenvalue weighted by Gasteiger charge is 2.13. The zero-order valence-corrected chi connectivity index (χ0v) is 12.7. The average Bonchev–Trinajstić information content (AvgIpc) is 2.91. The number of H-pyrrole nitrogens is 1. The van der Waals surface area contributed by atoms with Gasteiger partial charge in [0, 0.05) is 33.7 Å². The second kappa shape index (κ2) is 4.60. The summed E-state index contributed by atoms with van der Waals surface area (Å²) in [5.74, 6) is 0. The van der Waals surface area contributed by atoms with Crippen molar-refractivity contribution in [3.05, 3.63) is 59.2 Å². The van der Waals surface area contributed by atoms with Crippen molar-refractivity contribution < 1.29 is 0 Å². The molecule has 102 valence electrons. The molecule has 0 aliphatic heterocycles. The van der Waals surface area contributed by atoms with Gasteiger partial charge in [0.1, 0.15) is 0 Å².